The highest BCUT2D eigenvalue weighted by molar-refractivity contribution is 7.17. The molecule has 0 bridgehead atoms. The predicted octanol–water partition coefficient (Wildman–Crippen LogP) is 4.18. The van der Waals surface area contributed by atoms with Gasteiger partial charge in [-0.2, -0.15) is 10.5 Å². The molecule has 0 amide bonds. The Morgan fingerprint density at radius 3 is 2.47 bits per heavy atom. The van der Waals surface area contributed by atoms with E-state index < -0.39 is 11.5 Å². The molecule has 5 rings (SSSR count). The lowest BCUT2D eigenvalue weighted by Gasteiger charge is -2.23. The minimum atomic E-state index is -0.618. The summed E-state index contributed by atoms with van der Waals surface area (Å²) in [5.41, 5.74) is 6.93. The number of nitriles is 2. The summed E-state index contributed by atoms with van der Waals surface area (Å²) in [4.78, 5) is 19.0. The molecule has 11 heteroatoms. The number of methoxy groups -OCH3 is 2. The molecular formula is C25H16ClN5O4S. The molecular weight excluding hydrogens is 502 g/mol. The molecule has 178 valence electrons. The van der Waals surface area contributed by atoms with E-state index in [1.54, 1.807) is 42.5 Å². The summed E-state index contributed by atoms with van der Waals surface area (Å²) in [6.45, 7) is 0. The lowest BCUT2D eigenvalue weighted by molar-refractivity contribution is 0.355. The summed E-state index contributed by atoms with van der Waals surface area (Å²) in [6, 6.07) is 16.1. The fraction of sp³-hybridized carbons (Fsp3) is 0.120. The number of aromatic nitrogens is 2. The number of nitrogens with zero attached hydrogens (tertiary/aromatic N) is 4. The second-order valence-electron chi connectivity index (χ2n) is 7.69. The van der Waals surface area contributed by atoms with Crippen molar-refractivity contribution in [2.75, 3.05) is 14.2 Å². The van der Waals surface area contributed by atoms with Gasteiger partial charge in [-0.15, -0.1) is 0 Å². The molecule has 1 aliphatic heterocycles. The van der Waals surface area contributed by atoms with Crippen LogP contribution in [0.5, 0.6) is 17.4 Å². The summed E-state index contributed by atoms with van der Waals surface area (Å²) in [5, 5.41) is 20.3. The molecule has 0 spiro atoms. The maximum absolute atomic E-state index is 13.5. The van der Waals surface area contributed by atoms with Crippen LogP contribution in [-0.4, -0.2) is 23.6 Å². The Morgan fingerprint density at radius 2 is 1.83 bits per heavy atom. The molecule has 2 N–H and O–H groups in total. The van der Waals surface area contributed by atoms with E-state index in [0.717, 1.165) is 5.56 Å². The Balaban J connectivity index is 1.78. The number of hydrogen-bond donors (Lipinski definition) is 1. The van der Waals surface area contributed by atoms with Gasteiger partial charge in [0.1, 0.15) is 23.3 Å². The highest BCUT2D eigenvalue weighted by Gasteiger charge is 2.36. The number of ether oxygens (including phenoxy) is 3. The van der Waals surface area contributed by atoms with Crippen LogP contribution in [0.15, 0.2) is 58.7 Å². The van der Waals surface area contributed by atoms with Crippen molar-refractivity contribution >= 4 is 27.9 Å². The van der Waals surface area contributed by atoms with Crippen molar-refractivity contribution in [2.24, 2.45) is 5.73 Å². The number of allylic oxidation sites excluding steroid dienone is 1. The zero-order valence-electron chi connectivity index (χ0n) is 18.9. The Bertz CT molecular complexity index is 1710. The van der Waals surface area contributed by atoms with Crippen LogP contribution in [0.2, 0.25) is 5.02 Å². The minimum absolute atomic E-state index is 0.124. The van der Waals surface area contributed by atoms with Crippen molar-refractivity contribution in [3.05, 3.63) is 85.3 Å². The summed E-state index contributed by atoms with van der Waals surface area (Å²) in [5.74, 6) is 0.317. The fourth-order valence-electron chi connectivity index (χ4n) is 4.10. The maximum Gasteiger partial charge on any atom is 0.280 e. The number of halogens is 1. The van der Waals surface area contributed by atoms with Crippen LogP contribution in [0.4, 0.5) is 0 Å². The third-order valence-electron chi connectivity index (χ3n) is 5.78. The van der Waals surface area contributed by atoms with Crippen LogP contribution < -0.4 is 25.5 Å². The molecule has 0 saturated carbocycles. The van der Waals surface area contributed by atoms with Gasteiger partial charge in [0, 0.05) is 10.6 Å². The van der Waals surface area contributed by atoms with E-state index in [0.29, 0.717) is 27.0 Å². The van der Waals surface area contributed by atoms with Gasteiger partial charge in [-0.05, 0) is 35.9 Å². The second kappa shape index (κ2) is 8.93. The number of fused-ring (bicyclic) bond motifs is 3. The Hall–Kier alpha value is -4.51. The largest absolute Gasteiger partial charge is 0.493 e. The zero-order valence-corrected chi connectivity index (χ0v) is 20.5. The van der Waals surface area contributed by atoms with Crippen LogP contribution in [0, 0.1) is 22.7 Å². The van der Waals surface area contributed by atoms with Gasteiger partial charge < -0.3 is 19.9 Å². The molecule has 0 saturated heterocycles. The average Bonchev–Trinajstić information content (AvgIpc) is 3.26. The first kappa shape index (κ1) is 23.2. The molecule has 1 unspecified atom stereocenters. The Labute approximate surface area is 213 Å². The maximum atomic E-state index is 13.5. The number of rotatable bonds is 4. The van der Waals surface area contributed by atoms with E-state index in [1.165, 1.54) is 30.0 Å². The van der Waals surface area contributed by atoms with Crippen LogP contribution in [0.25, 0.3) is 16.2 Å². The van der Waals surface area contributed by atoms with Gasteiger partial charge in [0.2, 0.25) is 16.7 Å². The summed E-state index contributed by atoms with van der Waals surface area (Å²) in [7, 11) is 3.00. The van der Waals surface area contributed by atoms with Crippen LogP contribution in [-0.2, 0) is 0 Å². The summed E-state index contributed by atoms with van der Waals surface area (Å²) in [6.07, 6.45) is 0. The quantitative estimate of drug-likeness (QED) is 0.425. The van der Waals surface area contributed by atoms with E-state index in [1.807, 2.05) is 6.07 Å². The predicted molar refractivity (Wildman–Crippen MR) is 133 cm³/mol. The lowest BCUT2D eigenvalue weighted by atomic mass is 9.89. The smallest absolute Gasteiger partial charge is 0.280 e. The molecule has 3 heterocycles. The molecule has 1 atom stereocenters. The molecule has 1 aliphatic rings. The van der Waals surface area contributed by atoms with Crippen LogP contribution in [0.3, 0.4) is 0 Å². The van der Waals surface area contributed by atoms with Gasteiger partial charge in [0.25, 0.3) is 5.56 Å². The van der Waals surface area contributed by atoms with E-state index >= 15 is 0 Å². The average molecular weight is 518 g/mol. The van der Waals surface area contributed by atoms with Gasteiger partial charge in [-0.25, -0.2) is 9.38 Å². The molecule has 2 aromatic carbocycles. The monoisotopic (exact) mass is 517 g/mol. The Kier molecular flexibility index (Phi) is 5.77. The first-order valence-corrected chi connectivity index (χ1v) is 11.7. The molecule has 36 heavy (non-hydrogen) atoms. The van der Waals surface area contributed by atoms with E-state index in [-0.39, 0.29) is 33.6 Å². The standard InChI is InChI=1S/C25H16ClN5O4S/c1-33-17-8-5-13(9-18(17)34-2)20-16(11-28)23(32)31-24-21(36-25(31)30-20)19(15(10-27)22(29)35-24)12-3-6-14(26)7-4-12/h3-9,19H,29H2,1-2H3. The Morgan fingerprint density at radius 1 is 1.11 bits per heavy atom. The lowest BCUT2D eigenvalue weighted by Crippen LogP contribution is -2.24. The van der Waals surface area contributed by atoms with Crippen molar-refractivity contribution in [2.45, 2.75) is 5.92 Å². The fourth-order valence-corrected chi connectivity index (χ4v) is 5.41. The molecule has 9 nitrogen and oxygen atoms in total. The van der Waals surface area contributed by atoms with Crippen molar-refractivity contribution in [1.82, 2.24) is 9.38 Å². The first-order valence-electron chi connectivity index (χ1n) is 10.5. The van der Waals surface area contributed by atoms with Gasteiger partial charge in [0.15, 0.2) is 11.5 Å². The van der Waals surface area contributed by atoms with Crippen molar-refractivity contribution in [3.63, 3.8) is 0 Å². The number of hydrogen-bond acceptors (Lipinski definition) is 9. The molecule has 0 fully saturated rings. The number of thiazole rings is 1. The van der Waals surface area contributed by atoms with Gasteiger partial charge in [-0.3, -0.25) is 4.79 Å². The topological polar surface area (TPSA) is 136 Å². The van der Waals surface area contributed by atoms with Gasteiger partial charge in [0.05, 0.1) is 30.7 Å². The molecule has 4 aromatic rings. The molecule has 0 aliphatic carbocycles. The van der Waals surface area contributed by atoms with E-state index in [4.69, 9.17) is 31.5 Å². The summed E-state index contributed by atoms with van der Waals surface area (Å²) < 4.78 is 17.6. The van der Waals surface area contributed by atoms with E-state index in [9.17, 15) is 15.3 Å². The van der Waals surface area contributed by atoms with Crippen molar-refractivity contribution in [1.29, 1.82) is 10.5 Å². The summed E-state index contributed by atoms with van der Waals surface area (Å²) >= 11 is 7.23. The molecule has 2 aromatic heterocycles. The third kappa shape index (κ3) is 3.52. The van der Waals surface area contributed by atoms with Crippen LogP contribution >= 0.6 is 22.9 Å². The highest BCUT2D eigenvalue weighted by atomic mass is 35.5. The van der Waals surface area contributed by atoms with Crippen molar-refractivity contribution < 1.29 is 14.2 Å². The normalized spacial score (nSPS) is 14.5. The van der Waals surface area contributed by atoms with Gasteiger partial charge >= 0.3 is 0 Å². The SMILES string of the molecule is COc1ccc(-c2nc3sc4c(n3c(=O)c2C#N)OC(N)=C(C#N)C4c2ccc(Cl)cc2)cc1OC. The highest BCUT2D eigenvalue weighted by Crippen LogP contribution is 2.46. The third-order valence-corrected chi connectivity index (χ3v) is 7.12. The zero-order chi connectivity index (χ0) is 25.6. The number of nitrogens with two attached hydrogens (primary N) is 1. The van der Waals surface area contributed by atoms with Crippen molar-refractivity contribution in [3.8, 4) is 40.8 Å². The first-order chi connectivity index (χ1) is 17.4. The van der Waals surface area contributed by atoms with E-state index in [2.05, 4.69) is 11.1 Å². The number of benzene rings is 2. The second-order valence-corrected chi connectivity index (χ2v) is 9.13. The van der Waals surface area contributed by atoms with Gasteiger partial charge in [-0.1, -0.05) is 35.1 Å². The molecule has 0 radical (unpaired) electrons. The minimum Gasteiger partial charge on any atom is -0.493 e. The van der Waals surface area contributed by atoms with Crippen LogP contribution in [0.1, 0.15) is 21.9 Å².